The van der Waals surface area contributed by atoms with Gasteiger partial charge in [-0.1, -0.05) is 6.07 Å². The second-order valence-electron chi connectivity index (χ2n) is 4.62. The number of hydrogen-bond donors (Lipinski definition) is 1. The molecule has 1 fully saturated rings. The van der Waals surface area contributed by atoms with Crippen LogP contribution < -0.4 is 0 Å². The van der Waals surface area contributed by atoms with Crippen molar-refractivity contribution < 1.29 is 14.2 Å². The molecular formula is C13H16BrFO2. The molecule has 4 heteroatoms. The lowest BCUT2D eigenvalue weighted by Gasteiger charge is -2.26. The summed E-state index contributed by atoms with van der Waals surface area (Å²) in [6.45, 7) is 1.31. The highest BCUT2D eigenvalue weighted by Gasteiger charge is 2.28. The van der Waals surface area contributed by atoms with Crippen LogP contribution >= 0.6 is 15.9 Å². The number of ether oxygens (including phenoxy) is 1. The largest absolute Gasteiger partial charge is 0.389 e. The fraction of sp³-hybridized carbons (Fsp3) is 0.538. The Bertz CT molecular complexity index is 387. The fourth-order valence-corrected chi connectivity index (χ4v) is 2.63. The summed E-state index contributed by atoms with van der Waals surface area (Å²) >= 11 is 3.16. The van der Waals surface area contributed by atoms with E-state index in [0.29, 0.717) is 23.9 Å². The summed E-state index contributed by atoms with van der Waals surface area (Å²) < 4.78 is 18.9. The van der Waals surface area contributed by atoms with Gasteiger partial charge in [0.1, 0.15) is 5.82 Å². The lowest BCUT2D eigenvalue weighted by Crippen LogP contribution is -2.31. The Kier molecular flexibility index (Phi) is 4.17. The zero-order valence-corrected chi connectivity index (χ0v) is 11.2. The highest BCUT2D eigenvalue weighted by molar-refractivity contribution is 9.10. The fourth-order valence-electron chi connectivity index (χ4n) is 2.20. The van der Waals surface area contributed by atoms with E-state index in [9.17, 15) is 9.50 Å². The molecule has 1 aliphatic heterocycles. The van der Waals surface area contributed by atoms with Crippen molar-refractivity contribution >= 4 is 15.9 Å². The van der Waals surface area contributed by atoms with Gasteiger partial charge in [0.25, 0.3) is 0 Å². The predicted molar refractivity (Wildman–Crippen MR) is 67.4 cm³/mol. The molecule has 0 spiro atoms. The number of halogens is 2. The second kappa shape index (κ2) is 5.46. The maximum absolute atomic E-state index is 13.1. The summed E-state index contributed by atoms with van der Waals surface area (Å²) in [6, 6.07) is 4.89. The first kappa shape index (κ1) is 13.0. The Morgan fingerprint density at radius 1 is 1.35 bits per heavy atom. The Hall–Kier alpha value is -0.450. The molecule has 0 aromatic heterocycles. The molecule has 17 heavy (non-hydrogen) atoms. The zero-order chi connectivity index (χ0) is 12.3. The van der Waals surface area contributed by atoms with Crippen LogP contribution in [0.1, 0.15) is 24.8 Å². The van der Waals surface area contributed by atoms with Crippen molar-refractivity contribution in [3.63, 3.8) is 0 Å². The van der Waals surface area contributed by atoms with Gasteiger partial charge in [0.05, 0.1) is 10.1 Å². The lowest BCUT2D eigenvalue weighted by atomic mass is 9.88. The second-order valence-corrected chi connectivity index (χ2v) is 5.47. The van der Waals surface area contributed by atoms with Gasteiger partial charge in [-0.15, -0.1) is 0 Å². The highest BCUT2D eigenvalue weighted by atomic mass is 79.9. The molecule has 0 bridgehead atoms. The van der Waals surface area contributed by atoms with E-state index in [-0.39, 0.29) is 5.82 Å². The first-order valence-electron chi connectivity index (χ1n) is 5.83. The number of aliphatic hydroxyl groups is 1. The normalized spacial score (nSPS) is 25.6. The Morgan fingerprint density at radius 3 is 2.94 bits per heavy atom. The lowest BCUT2D eigenvalue weighted by molar-refractivity contribution is 0.0188. The van der Waals surface area contributed by atoms with Crippen molar-refractivity contribution in [2.75, 3.05) is 13.2 Å². The molecule has 1 unspecified atom stereocenters. The van der Waals surface area contributed by atoms with Gasteiger partial charge >= 0.3 is 0 Å². The van der Waals surface area contributed by atoms with Crippen LogP contribution in [0.15, 0.2) is 22.7 Å². The average molecular weight is 303 g/mol. The minimum Gasteiger partial charge on any atom is -0.389 e. The van der Waals surface area contributed by atoms with Gasteiger partial charge in [-0.05, 0) is 52.9 Å². The smallest absolute Gasteiger partial charge is 0.137 e. The summed E-state index contributed by atoms with van der Waals surface area (Å²) in [6.07, 6.45) is 2.80. The molecule has 94 valence electrons. The molecule has 2 nitrogen and oxygen atoms in total. The van der Waals surface area contributed by atoms with Crippen molar-refractivity contribution in [1.82, 2.24) is 0 Å². The maximum Gasteiger partial charge on any atom is 0.137 e. The molecule has 1 aliphatic rings. The summed E-state index contributed by atoms with van der Waals surface area (Å²) in [7, 11) is 0. The van der Waals surface area contributed by atoms with Gasteiger partial charge in [0.2, 0.25) is 0 Å². The van der Waals surface area contributed by atoms with Crippen LogP contribution in [0, 0.1) is 5.82 Å². The van der Waals surface area contributed by atoms with Gasteiger partial charge in [-0.25, -0.2) is 4.39 Å². The van der Waals surface area contributed by atoms with Crippen molar-refractivity contribution in [1.29, 1.82) is 0 Å². The van der Waals surface area contributed by atoms with Crippen LogP contribution in [0.5, 0.6) is 0 Å². The Morgan fingerprint density at radius 2 is 2.18 bits per heavy atom. The third-order valence-electron chi connectivity index (χ3n) is 3.16. The molecule has 0 amide bonds. The number of benzene rings is 1. The minimum absolute atomic E-state index is 0.273. The van der Waals surface area contributed by atoms with E-state index in [0.717, 1.165) is 25.0 Å². The van der Waals surface area contributed by atoms with E-state index in [1.807, 2.05) is 0 Å². The third-order valence-corrected chi connectivity index (χ3v) is 3.77. The summed E-state index contributed by atoms with van der Waals surface area (Å²) in [5.74, 6) is -0.273. The summed E-state index contributed by atoms with van der Waals surface area (Å²) in [5.41, 5.74) is 0.232. The quantitative estimate of drug-likeness (QED) is 0.910. The van der Waals surface area contributed by atoms with Crippen LogP contribution in [0.3, 0.4) is 0 Å². The maximum atomic E-state index is 13.1. The van der Waals surface area contributed by atoms with Gasteiger partial charge < -0.3 is 9.84 Å². The van der Waals surface area contributed by atoms with Crippen LogP contribution in [-0.2, 0) is 11.2 Å². The van der Waals surface area contributed by atoms with Crippen molar-refractivity contribution in [3.05, 3.63) is 34.1 Å². The first-order chi connectivity index (χ1) is 8.09. The highest BCUT2D eigenvalue weighted by Crippen LogP contribution is 2.27. The molecule has 1 heterocycles. The van der Waals surface area contributed by atoms with E-state index in [4.69, 9.17) is 4.74 Å². The van der Waals surface area contributed by atoms with E-state index >= 15 is 0 Å². The van der Waals surface area contributed by atoms with Crippen LogP contribution in [0.4, 0.5) is 4.39 Å². The topological polar surface area (TPSA) is 29.5 Å². The van der Waals surface area contributed by atoms with Gasteiger partial charge in [0.15, 0.2) is 0 Å². The van der Waals surface area contributed by atoms with E-state index < -0.39 is 5.60 Å². The minimum atomic E-state index is -0.715. The molecule has 0 radical (unpaired) electrons. The molecule has 2 rings (SSSR count). The van der Waals surface area contributed by atoms with Crippen molar-refractivity contribution in [2.24, 2.45) is 0 Å². The Labute approximate surface area is 109 Å². The summed E-state index contributed by atoms with van der Waals surface area (Å²) in [4.78, 5) is 0. The number of rotatable bonds is 2. The van der Waals surface area contributed by atoms with Crippen molar-refractivity contribution in [2.45, 2.75) is 31.3 Å². The van der Waals surface area contributed by atoms with E-state index in [1.54, 1.807) is 12.1 Å². The first-order valence-corrected chi connectivity index (χ1v) is 6.62. The molecular weight excluding hydrogens is 287 g/mol. The standard InChI is InChI=1S/C13H16BrFO2/c14-11-8-10(2-3-12(11)15)9-13(16)4-1-6-17-7-5-13/h2-3,8,16H,1,4-7,9H2. The average Bonchev–Trinajstić information content (AvgIpc) is 2.49. The molecule has 1 aromatic rings. The van der Waals surface area contributed by atoms with Crippen molar-refractivity contribution in [3.8, 4) is 0 Å². The van der Waals surface area contributed by atoms with Crippen LogP contribution in [0.2, 0.25) is 0 Å². The zero-order valence-electron chi connectivity index (χ0n) is 9.59. The Balaban J connectivity index is 2.10. The van der Waals surface area contributed by atoms with Gasteiger partial charge in [-0.2, -0.15) is 0 Å². The monoisotopic (exact) mass is 302 g/mol. The van der Waals surface area contributed by atoms with Gasteiger partial charge in [-0.3, -0.25) is 0 Å². The SMILES string of the molecule is OC1(Cc2ccc(F)c(Br)c2)CCCOCC1. The molecule has 1 atom stereocenters. The molecule has 1 saturated heterocycles. The van der Waals surface area contributed by atoms with Crippen LogP contribution in [0.25, 0.3) is 0 Å². The molecule has 0 aliphatic carbocycles. The molecule has 1 aromatic carbocycles. The van der Waals surface area contributed by atoms with E-state index in [2.05, 4.69) is 15.9 Å². The molecule has 1 N–H and O–H groups in total. The van der Waals surface area contributed by atoms with Crippen LogP contribution in [-0.4, -0.2) is 23.9 Å². The van der Waals surface area contributed by atoms with E-state index in [1.165, 1.54) is 6.07 Å². The molecule has 0 saturated carbocycles. The predicted octanol–water partition coefficient (Wildman–Crippen LogP) is 3.06. The van der Waals surface area contributed by atoms with Gasteiger partial charge in [0, 0.05) is 19.6 Å². The number of hydrogen-bond acceptors (Lipinski definition) is 2. The summed E-state index contributed by atoms with van der Waals surface area (Å²) in [5, 5.41) is 10.5. The third kappa shape index (κ3) is 3.50.